The van der Waals surface area contributed by atoms with E-state index in [0.717, 1.165) is 16.2 Å². The average Bonchev–Trinajstić information content (AvgIpc) is 2.67. The van der Waals surface area contributed by atoms with Crippen molar-refractivity contribution in [3.05, 3.63) is 56.4 Å². The molecule has 1 heterocycles. The Labute approximate surface area is 106 Å². The number of hydrogen-bond acceptors (Lipinski definition) is 3. The van der Waals surface area contributed by atoms with E-state index in [1.54, 1.807) is 25.1 Å². The predicted octanol–water partition coefficient (Wildman–Crippen LogP) is 0.260. The van der Waals surface area contributed by atoms with Gasteiger partial charge in [-0.05, 0) is 36.3 Å². The van der Waals surface area contributed by atoms with Crippen molar-refractivity contribution in [2.24, 2.45) is 0 Å². The van der Waals surface area contributed by atoms with E-state index in [-0.39, 0.29) is 0 Å². The van der Waals surface area contributed by atoms with Crippen LogP contribution in [0, 0.1) is 6.92 Å². The molecule has 0 unspecified atom stereocenters. The quantitative estimate of drug-likeness (QED) is 0.688. The molecule has 0 aliphatic rings. The maximum Gasteiger partial charge on any atom is 0.348 e. The zero-order valence-electron chi connectivity index (χ0n) is 10.0. The number of benzene rings is 1. The number of aryl methyl sites for hydroxylation is 1. The number of nitrogens with one attached hydrogen (secondary N) is 2. The highest BCUT2D eigenvalue weighted by Crippen LogP contribution is 2.14. The first-order valence-corrected chi connectivity index (χ1v) is 5.41. The lowest BCUT2D eigenvalue weighted by molar-refractivity contribution is -0.131. The second-order valence-corrected chi connectivity index (χ2v) is 3.91. The second kappa shape index (κ2) is 4.81. The fraction of sp³-hybridized carbons (Fsp3) is 0.0833. The van der Waals surface area contributed by atoms with Crippen molar-refractivity contribution in [3.63, 3.8) is 0 Å². The van der Waals surface area contributed by atoms with E-state index in [4.69, 9.17) is 5.11 Å². The van der Waals surface area contributed by atoms with E-state index < -0.39 is 17.3 Å². The maximum atomic E-state index is 11.4. The molecule has 2 aromatic rings. The summed E-state index contributed by atoms with van der Waals surface area (Å²) in [7, 11) is 0. The minimum Gasteiger partial charge on any atom is -0.478 e. The largest absolute Gasteiger partial charge is 0.478 e. The lowest BCUT2D eigenvalue weighted by atomic mass is 10.1. The summed E-state index contributed by atoms with van der Waals surface area (Å²) < 4.78 is 0.956. The Hall–Kier alpha value is -2.83. The molecular weight excluding hydrogens is 250 g/mol. The number of carbonyl (C=O) groups is 1. The number of carboxylic acids is 1. The number of nitrogens with zero attached hydrogens (tertiary/aromatic N) is 1. The third kappa shape index (κ3) is 2.54. The van der Waals surface area contributed by atoms with Gasteiger partial charge in [-0.2, -0.15) is 0 Å². The number of rotatable bonds is 3. The van der Waals surface area contributed by atoms with Gasteiger partial charge in [-0.15, -0.1) is 0 Å². The van der Waals surface area contributed by atoms with E-state index in [9.17, 15) is 14.4 Å². The van der Waals surface area contributed by atoms with E-state index in [1.807, 2.05) is 0 Å². The molecule has 0 saturated heterocycles. The van der Waals surface area contributed by atoms with E-state index >= 15 is 0 Å². The van der Waals surface area contributed by atoms with Crippen molar-refractivity contribution in [3.8, 4) is 5.69 Å². The number of aromatic nitrogens is 3. The van der Waals surface area contributed by atoms with Gasteiger partial charge in [0.1, 0.15) is 0 Å². The van der Waals surface area contributed by atoms with Crippen molar-refractivity contribution < 1.29 is 9.90 Å². The van der Waals surface area contributed by atoms with Gasteiger partial charge >= 0.3 is 17.3 Å². The molecule has 19 heavy (non-hydrogen) atoms. The number of carboxylic acid groups (broad SMARTS) is 1. The van der Waals surface area contributed by atoms with Crippen molar-refractivity contribution in [1.29, 1.82) is 0 Å². The molecule has 0 aliphatic heterocycles. The standard InChI is InChI=1S/C12H11N3O4/c1-7-6-9(15-11(18)13-14-12(15)19)4-2-8(7)3-5-10(16)17/h2-6H,1H3,(H,13,18)(H,14,19)(H,16,17)/b5-3+. The topological polar surface area (TPSA) is 108 Å². The van der Waals surface area contributed by atoms with Crippen LogP contribution in [0.4, 0.5) is 0 Å². The summed E-state index contributed by atoms with van der Waals surface area (Å²) in [5.41, 5.74) is 0.752. The number of H-pyrrole nitrogens is 2. The lowest BCUT2D eigenvalue weighted by Crippen LogP contribution is -2.24. The molecule has 0 saturated carbocycles. The highest BCUT2D eigenvalue weighted by molar-refractivity contribution is 5.85. The zero-order chi connectivity index (χ0) is 14.0. The summed E-state index contributed by atoms with van der Waals surface area (Å²) in [6.07, 6.45) is 2.48. The molecule has 1 aromatic carbocycles. The Morgan fingerprint density at radius 2 is 1.89 bits per heavy atom. The highest BCUT2D eigenvalue weighted by Gasteiger charge is 2.06. The van der Waals surface area contributed by atoms with E-state index in [2.05, 4.69) is 10.2 Å². The third-order valence-corrected chi connectivity index (χ3v) is 2.60. The molecule has 0 atom stereocenters. The summed E-state index contributed by atoms with van der Waals surface area (Å²) in [4.78, 5) is 33.3. The van der Waals surface area contributed by atoms with Crippen LogP contribution in [-0.4, -0.2) is 25.8 Å². The van der Waals surface area contributed by atoms with Crippen LogP contribution in [0.3, 0.4) is 0 Å². The molecule has 0 aliphatic carbocycles. The molecule has 2 rings (SSSR count). The summed E-state index contributed by atoms with van der Waals surface area (Å²) in [6.45, 7) is 1.76. The molecule has 0 fully saturated rings. The van der Waals surface area contributed by atoms with Crippen LogP contribution in [0.15, 0.2) is 33.9 Å². The Morgan fingerprint density at radius 3 is 2.42 bits per heavy atom. The number of aromatic amines is 2. The molecule has 7 heteroatoms. The molecule has 0 amide bonds. The SMILES string of the molecule is Cc1cc(-n2c(=O)[nH][nH]c2=O)ccc1/C=C/C(=O)O. The van der Waals surface area contributed by atoms with Crippen LogP contribution < -0.4 is 11.4 Å². The van der Waals surface area contributed by atoms with Crippen molar-refractivity contribution in [2.45, 2.75) is 6.92 Å². The Morgan fingerprint density at radius 1 is 1.26 bits per heavy atom. The van der Waals surface area contributed by atoms with Gasteiger partial charge in [0.15, 0.2) is 0 Å². The first-order valence-electron chi connectivity index (χ1n) is 5.41. The Balaban J connectivity index is 2.48. The molecule has 1 aromatic heterocycles. The molecule has 0 spiro atoms. The summed E-state index contributed by atoms with van der Waals surface area (Å²) in [5.74, 6) is -1.04. The Kier molecular flexibility index (Phi) is 3.19. The minimum atomic E-state index is -1.04. The molecule has 3 N–H and O–H groups in total. The van der Waals surface area contributed by atoms with Crippen LogP contribution in [0.2, 0.25) is 0 Å². The molecule has 0 bridgehead atoms. The van der Waals surface area contributed by atoms with Gasteiger partial charge in [-0.3, -0.25) is 0 Å². The first kappa shape index (κ1) is 12.6. The first-order chi connectivity index (χ1) is 8.99. The summed E-state index contributed by atoms with van der Waals surface area (Å²) in [5, 5.41) is 12.9. The molecule has 7 nitrogen and oxygen atoms in total. The van der Waals surface area contributed by atoms with Gasteiger partial charge in [0.2, 0.25) is 0 Å². The van der Waals surface area contributed by atoms with E-state index in [0.29, 0.717) is 11.3 Å². The smallest absolute Gasteiger partial charge is 0.348 e. The average molecular weight is 261 g/mol. The monoisotopic (exact) mass is 261 g/mol. The summed E-state index contributed by atoms with van der Waals surface area (Å²) in [6, 6.07) is 4.84. The zero-order valence-corrected chi connectivity index (χ0v) is 10.0. The van der Waals surface area contributed by atoms with Gasteiger partial charge in [-0.25, -0.2) is 29.1 Å². The number of hydrogen-bond donors (Lipinski definition) is 3. The Bertz CT molecular complexity index is 736. The van der Waals surface area contributed by atoms with Crippen molar-refractivity contribution in [2.75, 3.05) is 0 Å². The lowest BCUT2D eigenvalue weighted by Gasteiger charge is -2.04. The van der Waals surface area contributed by atoms with Crippen LogP contribution >= 0.6 is 0 Å². The fourth-order valence-corrected chi connectivity index (χ4v) is 1.69. The van der Waals surface area contributed by atoms with Gasteiger partial charge in [0.25, 0.3) is 0 Å². The van der Waals surface area contributed by atoms with Crippen LogP contribution in [0.25, 0.3) is 11.8 Å². The molecular formula is C12H11N3O4. The van der Waals surface area contributed by atoms with Gasteiger partial charge in [0, 0.05) is 6.08 Å². The number of aliphatic carboxylic acids is 1. The maximum absolute atomic E-state index is 11.4. The van der Waals surface area contributed by atoms with Gasteiger partial charge in [-0.1, -0.05) is 6.07 Å². The highest BCUT2D eigenvalue weighted by atomic mass is 16.4. The fourth-order valence-electron chi connectivity index (χ4n) is 1.69. The predicted molar refractivity (Wildman–Crippen MR) is 68.4 cm³/mol. The van der Waals surface area contributed by atoms with Gasteiger partial charge < -0.3 is 5.11 Å². The van der Waals surface area contributed by atoms with Crippen molar-refractivity contribution in [1.82, 2.24) is 14.8 Å². The third-order valence-electron chi connectivity index (χ3n) is 2.60. The van der Waals surface area contributed by atoms with Crippen LogP contribution in [0.5, 0.6) is 0 Å². The molecule has 98 valence electrons. The van der Waals surface area contributed by atoms with Crippen LogP contribution in [0.1, 0.15) is 11.1 Å². The normalized spacial score (nSPS) is 11.0. The second-order valence-electron chi connectivity index (χ2n) is 3.91. The van der Waals surface area contributed by atoms with Crippen LogP contribution in [-0.2, 0) is 4.79 Å². The van der Waals surface area contributed by atoms with Crippen molar-refractivity contribution >= 4 is 12.0 Å². The van der Waals surface area contributed by atoms with E-state index in [1.165, 1.54) is 6.08 Å². The summed E-state index contributed by atoms with van der Waals surface area (Å²) >= 11 is 0. The molecule has 0 radical (unpaired) electrons. The van der Waals surface area contributed by atoms with Gasteiger partial charge in [0.05, 0.1) is 5.69 Å². The minimum absolute atomic E-state index is 0.414.